The lowest BCUT2D eigenvalue weighted by molar-refractivity contribution is -0.121. The molecule has 0 radical (unpaired) electrons. The van der Waals surface area contributed by atoms with E-state index >= 15 is 0 Å². The molecular weight excluding hydrogens is 354 g/mol. The quantitative estimate of drug-likeness (QED) is 0.737. The third-order valence-electron chi connectivity index (χ3n) is 5.27. The third kappa shape index (κ3) is 3.78. The van der Waals surface area contributed by atoms with Crippen LogP contribution < -0.4 is 15.0 Å². The van der Waals surface area contributed by atoms with Crippen LogP contribution in [0.4, 0.5) is 5.95 Å². The van der Waals surface area contributed by atoms with Gasteiger partial charge in [-0.15, -0.1) is 10.2 Å². The number of rotatable bonds is 5. The summed E-state index contributed by atoms with van der Waals surface area (Å²) in [6.07, 6.45) is 2.18. The summed E-state index contributed by atoms with van der Waals surface area (Å²) in [5, 5.41) is 11.8. The highest BCUT2D eigenvalue weighted by atomic mass is 16.5. The normalized spacial score (nSPS) is 15.0. The SMILES string of the molecule is COc1ccc(CC(=O)NC2CCN(c3nnc4cccc(C)n34)CC2)cc1. The second-order valence-electron chi connectivity index (χ2n) is 7.21. The molecule has 1 fully saturated rings. The van der Waals surface area contributed by atoms with Gasteiger partial charge in [0.25, 0.3) is 0 Å². The summed E-state index contributed by atoms with van der Waals surface area (Å²) >= 11 is 0. The van der Waals surface area contributed by atoms with Gasteiger partial charge in [0.1, 0.15) is 5.75 Å². The molecule has 3 heterocycles. The number of amides is 1. The number of nitrogens with zero attached hydrogens (tertiary/aromatic N) is 4. The Morgan fingerprint density at radius 2 is 1.89 bits per heavy atom. The maximum absolute atomic E-state index is 12.4. The zero-order valence-electron chi connectivity index (χ0n) is 16.3. The van der Waals surface area contributed by atoms with Crippen LogP contribution in [-0.2, 0) is 11.2 Å². The van der Waals surface area contributed by atoms with Gasteiger partial charge in [-0.25, -0.2) is 0 Å². The van der Waals surface area contributed by atoms with Gasteiger partial charge in [-0.05, 0) is 49.6 Å². The predicted molar refractivity (Wildman–Crippen MR) is 108 cm³/mol. The van der Waals surface area contributed by atoms with Crippen molar-refractivity contribution in [2.45, 2.75) is 32.2 Å². The number of aromatic nitrogens is 3. The van der Waals surface area contributed by atoms with E-state index in [1.54, 1.807) is 7.11 Å². The largest absolute Gasteiger partial charge is 0.497 e. The Morgan fingerprint density at radius 3 is 2.61 bits per heavy atom. The van der Waals surface area contributed by atoms with Crippen LogP contribution in [-0.4, -0.2) is 46.7 Å². The van der Waals surface area contributed by atoms with Gasteiger partial charge in [0, 0.05) is 24.8 Å². The van der Waals surface area contributed by atoms with E-state index in [2.05, 4.69) is 37.8 Å². The highest BCUT2D eigenvalue weighted by Gasteiger charge is 2.24. The lowest BCUT2D eigenvalue weighted by Crippen LogP contribution is -2.45. The highest BCUT2D eigenvalue weighted by Crippen LogP contribution is 2.21. The minimum absolute atomic E-state index is 0.0624. The van der Waals surface area contributed by atoms with Gasteiger partial charge < -0.3 is 15.0 Å². The zero-order valence-corrected chi connectivity index (χ0v) is 16.3. The summed E-state index contributed by atoms with van der Waals surface area (Å²) < 4.78 is 7.24. The molecule has 146 valence electrons. The Hall–Kier alpha value is -3.09. The smallest absolute Gasteiger partial charge is 0.231 e. The molecule has 2 aromatic heterocycles. The van der Waals surface area contributed by atoms with E-state index in [0.29, 0.717) is 6.42 Å². The second kappa shape index (κ2) is 7.88. The molecule has 1 aromatic carbocycles. The maximum atomic E-state index is 12.4. The molecule has 1 aliphatic rings. The van der Waals surface area contributed by atoms with Gasteiger partial charge in [0.15, 0.2) is 5.65 Å². The lowest BCUT2D eigenvalue weighted by Gasteiger charge is -2.32. The number of piperidine rings is 1. The summed E-state index contributed by atoms with van der Waals surface area (Å²) in [5.74, 6) is 1.75. The molecule has 1 aliphatic heterocycles. The third-order valence-corrected chi connectivity index (χ3v) is 5.27. The van der Waals surface area contributed by atoms with Crippen molar-refractivity contribution in [3.63, 3.8) is 0 Å². The maximum Gasteiger partial charge on any atom is 0.231 e. The summed E-state index contributed by atoms with van der Waals surface area (Å²) in [5.41, 5.74) is 2.97. The Labute approximate surface area is 164 Å². The average molecular weight is 379 g/mol. The molecule has 0 unspecified atom stereocenters. The van der Waals surface area contributed by atoms with Crippen LogP contribution in [0, 0.1) is 6.92 Å². The van der Waals surface area contributed by atoms with Crippen molar-refractivity contribution in [3.8, 4) is 5.75 Å². The van der Waals surface area contributed by atoms with Crippen LogP contribution in [0.5, 0.6) is 5.75 Å². The van der Waals surface area contributed by atoms with Gasteiger partial charge in [-0.3, -0.25) is 9.20 Å². The van der Waals surface area contributed by atoms with Gasteiger partial charge in [-0.1, -0.05) is 18.2 Å². The molecule has 0 spiro atoms. The van der Waals surface area contributed by atoms with E-state index in [4.69, 9.17) is 4.74 Å². The first-order valence-corrected chi connectivity index (χ1v) is 9.62. The fourth-order valence-electron chi connectivity index (χ4n) is 3.72. The Morgan fingerprint density at radius 1 is 1.14 bits per heavy atom. The first-order valence-electron chi connectivity index (χ1n) is 9.62. The Bertz CT molecular complexity index is 959. The van der Waals surface area contributed by atoms with Crippen molar-refractivity contribution in [1.29, 1.82) is 0 Å². The first-order chi connectivity index (χ1) is 13.6. The van der Waals surface area contributed by atoms with Gasteiger partial charge >= 0.3 is 0 Å². The topological polar surface area (TPSA) is 71.8 Å². The molecule has 3 aromatic rings. The number of ether oxygens (including phenoxy) is 1. The fourth-order valence-corrected chi connectivity index (χ4v) is 3.72. The molecule has 0 atom stereocenters. The zero-order chi connectivity index (χ0) is 19.5. The second-order valence-corrected chi connectivity index (χ2v) is 7.21. The van der Waals surface area contributed by atoms with Crippen molar-refractivity contribution < 1.29 is 9.53 Å². The summed E-state index contributed by atoms with van der Waals surface area (Å²) in [4.78, 5) is 14.6. The summed E-state index contributed by atoms with van der Waals surface area (Å²) in [6, 6.07) is 13.8. The predicted octanol–water partition coefficient (Wildman–Crippen LogP) is 2.37. The molecule has 1 saturated heterocycles. The van der Waals surface area contributed by atoms with Gasteiger partial charge in [0.05, 0.1) is 13.5 Å². The Kier molecular flexibility index (Phi) is 5.14. The number of carbonyl (C=O) groups excluding carboxylic acids is 1. The number of aryl methyl sites for hydroxylation is 1. The van der Waals surface area contributed by atoms with E-state index in [1.165, 1.54) is 0 Å². The average Bonchev–Trinajstić information content (AvgIpc) is 3.15. The molecule has 4 rings (SSSR count). The first kappa shape index (κ1) is 18.3. The van der Waals surface area contributed by atoms with Gasteiger partial charge in [0.2, 0.25) is 11.9 Å². The lowest BCUT2D eigenvalue weighted by atomic mass is 10.0. The number of pyridine rings is 1. The van der Waals surface area contributed by atoms with E-state index < -0.39 is 0 Å². The minimum atomic E-state index is 0.0624. The number of fused-ring (bicyclic) bond motifs is 1. The van der Waals surface area contributed by atoms with Crippen molar-refractivity contribution in [1.82, 2.24) is 19.9 Å². The van der Waals surface area contributed by atoms with Gasteiger partial charge in [-0.2, -0.15) is 0 Å². The van der Waals surface area contributed by atoms with Crippen molar-refractivity contribution >= 4 is 17.5 Å². The van der Waals surface area contributed by atoms with Crippen molar-refractivity contribution in [2.75, 3.05) is 25.1 Å². The fraction of sp³-hybridized carbons (Fsp3) is 0.381. The highest BCUT2D eigenvalue weighted by molar-refractivity contribution is 5.78. The molecule has 7 nitrogen and oxygen atoms in total. The van der Waals surface area contributed by atoms with Crippen LogP contribution in [0.15, 0.2) is 42.5 Å². The van der Waals surface area contributed by atoms with Crippen LogP contribution in [0.3, 0.4) is 0 Å². The van der Waals surface area contributed by atoms with Crippen LogP contribution >= 0.6 is 0 Å². The van der Waals surface area contributed by atoms with Crippen LogP contribution in [0.1, 0.15) is 24.1 Å². The van der Waals surface area contributed by atoms with E-state index in [9.17, 15) is 4.79 Å². The number of anilines is 1. The minimum Gasteiger partial charge on any atom is -0.497 e. The number of benzene rings is 1. The number of hydrogen-bond donors (Lipinski definition) is 1. The number of nitrogens with one attached hydrogen (secondary N) is 1. The molecule has 28 heavy (non-hydrogen) atoms. The standard InChI is InChI=1S/C21H25N5O2/c1-15-4-3-5-19-23-24-21(26(15)19)25-12-10-17(11-13-25)22-20(27)14-16-6-8-18(28-2)9-7-16/h3-9,17H,10-14H2,1-2H3,(H,22,27). The molecular formula is C21H25N5O2. The van der Waals surface area contributed by atoms with Crippen molar-refractivity contribution in [2.24, 2.45) is 0 Å². The monoisotopic (exact) mass is 379 g/mol. The summed E-state index contributed by atoms with van der Waals surface area (Å²) in [6.45, 7) is 3.76. The van der Waals surface area contributed by atoms with E-state index in [1.807, 2.05) is 36.4 Å². The number of carbonyl (C=O) groups is 1. The molecule has 0 saturated carbocycles. The summed E-state index contributed by atoms with van der Waals surface area (Å²) in [7, 11) is 1.64. The molecule has 0 bridgehead atoms. The number of hydrogen-bond acceptors (Lipinski definition) is 5. The Balaban J connectivity index is 1.33. The molecule has 1 amide bonds. The van der Waals surface area contributed by atoms with E-state index in [-0.39, 0.29) is 11.9 Å². The molecule has 1 N–H and O–H groups in total. The van der Waals surface area contributed by atoms with E-state index in [0.717, 1.165) is 54.5 Å². The molecule has 0 aliphatic carbocycles. The number of methoxy groups -OCH3 is 1. The van der Waals surface area contributed by atoms with Crippen LogP contribution in [0.25, 0.3) is 5.65 Å². The van der Waals surface area contributed by atoms with Crippen molar-refractivity contribution in [3.05, 3.63) is 53.7 Å². The molecule has 7 heteroatoms. The van der Waals surface area contributed by atoms with Crippen LogP contribution in [0.2, 0.25) is 0 Å².